The molecule has 2 N–H and O–H groups in total. The maximum absolute atomic E-state index is 12.3. The molecule has 0 radical (unpaired) electrons. The molecular weight excluding hydrogens is 402 g/mol. The van der Waals surface area contributed by atoms with E-state index in [9.17, 15) is 8.42 Å². The van der Waals surface area contributed by atoms with E-state index in [-0.39, 0.29) is 4.90 Å². The number of hydrogen-bond acceptors (Lipinski definition) is 7. The second kappa shape index (κ2) is 9.66. The van der Waals surface area contributed by atoms with Gasteiger partial charge < -0.3 is 15.0 Å². The SMILES string of the molecule is COc1ccc(-c2ccnc(Nc3ccc(S(=O)(=O)NCCN(C)C)cc3)n2)cc1. The summed E-state index contributed by atoms with van der Waals surface area (Å²) in [6, 6.07) is 15.9. The van der Waals surface area contributed by atoms with Gasteiger partial charge in [0.1, 0.15) is 5.75 Å². The topological polar surface area (TPSA) is 96.4 Å². The van der Waals surface area contributed by atoms with Gasteiger partial charge in [0.2, 0.25) is 16.0 Å². The highest BCUT2D eigenvalue weighted by Gasteiger charge is 2.13. The lowest BCUT2D eigenvalue weighted by molar-refractivity contribution is 0.412. The maximum Gasteiger partial charge on any atom is 0.240 e. The summed E-state index contributed by atoms with van der Waals surface area (Å²) in [7, 11) is 1.86. The van der Waals surface area contributed by atoms with Crippen LogP contribution in [0.1, 0.15) is 0 Å². The van der Waals surface area contributed by atoms with Gasteiger partial charge in [-0.1, -0.05) is 0 Å². The minimum atomic E-state index is -3.54. The summed E-state index contributed by atoms with van der Waals surface area (Å²) in [5.41, 5.74) is 2.39. The first-order chi connectivity index (χ1) is 14.4. The third-order valence-corrected chi connectivity index (χ3v) is 5.79. The lowest BCUT2D eigenvalue weighted by atomic mass is 10.1. The van der Waals surface area contributed by atoms with Crippen LogP contribution in [0, 0.1) is 0 Å². The minimum absolute atomic E-state index is 0.208. The molecule has 0 saturated carbocycles. The summed E-state index contributed by atoms with van der Waals surface area (Å²) in [4.78, 5) is 10.9. The van der Waals surface area contributed by atoms with Gasteiger partial charge in [-0.3, -0.25) is 0 Å². The molecule has 8 nitrogen and oxygen atoms in total. The molecule has 0 amide bonds. The zero-order chi connectivity index (χ0) is 21.6. The van der Waals surface area contributed by atoms with Crippen molar-refractivity contribution in [3.05, 3.63) is 60.8 Å². The van der Waals surface area contributed by atoms with Gasteiger partial charge in [-0.15, -0.1) is 0 Å². The Labute approximate surface area is 177 Å². The van der Waals surface area contributed by atoms with E-state index < -0.39 is 10.0 Å². The molecule has 0 unspecified atom stereocenters. The van der Waals surface area contributed by atoms with Gasteiger partial charge in [0.25, 0.3) is 0 Å². The van der Waals surface area contributed by atoms with E-state index in [0.29, 0.717) is 24.7 Å². The summed E-state index contributed by atoms with van der Waals surface area (Å²) in [6.07, 6.45) is 1.67. The van der Waals surface area contributed by atoms with Crippen molar-refractivity contribution in [2.75, 3.05) is 39.6 Å². The van der Waals surface area contributed by atoms with Crippen LogP contribution in [0.25, 0.3) is 11.3 Å². The molecule has 0 aliphatic carbocycles. The van der Waals surface area contributed by atoms with Crippen LogP contribution < -0.4 is 14.8 Å². The molecule has 1 aromatic heterocycles. The number of methoxy groups -OCH3 is 1. The lowest BCUT2D eigenvalue weighted by Crippen LogP contribution is -2.31. The highest BCUT2D eigenvalue weighted by Crippen LogP contribution is 2.22. The van der Waals surface area contributed by atoms with Gasteiger partial charge in [-0.2, -0.15) is 0 Å². The van der Waals surface area contributed by atoms with Gasteiger partial charge in [0, 0.05) is 30.5 Å². The van der Waals surface area contributed by atoms with Crippen molar-refractivity contribution in [3.8, 4) is 17.0 Å². The van der Waals surface area contributed by atoms with Crippen LogP contribution in [0.4, 0.5) is 11.6 Å². The molecule has 0 atom stereocenters. The number of rotatable bonds is 9. The molecule has 0 spiro atoms. The van der Waals surface area contributed by atoms with Gasteiger partial charge in [0.05, 0.1) is 17.7 Å². The summed E-state index contributed by atoms with van der Waals surface area (Å²) in [5.74, 6) is 1.19. The fourth-order valence-electron chi connectivity index (χ4n) is 2.67. The van der Waals surface area contributed by atoms with E-state index in [1.54, 1.807) is 37.6 Å². The number of sulfonamides is 1. The minimum Gasteiger partial charge on any atom is -0.497 e. The Morgan fingerprint density at radius 2 is 1.70 bits per heavy atom. The van der Waals surface area contributed by atoms with E-state index in [4.69, 9.17) is 4.74 Å². The number of anilines is 2. The molecule has 30 heavy (non-hydrogen) atoms. The summed E-state index contributed by atoms with van der Waals surface area (Å²) in [6.45, 7) is 0.974. The Hall–Kier alpha value is -3.01. The predicted octanol–water partition coefficient (Wildman–Crippen LogP) is 2.74. The van der Waals surface area contributed by atoms with Crippen molar-refractivity contribution in [1.82, 2.24) is 19.6 Å². The van der Waals surface area contributed by atoms with Crippen molar-refractivity contribution >= 4 is 21.7 Å². The first kappa shape index (κ1) is 21.7. The molecule has 0 fully saturated rings. The van der Waals surface area contributed by atoms with Crippen molar-refractivity contribution in [2.45, 2.75) is 4.90 Å². The van der Waals surface area contributed by atoms with E-state index in [2.05, 4.69) is 20.0 Å². The molecule has 2 aromatic carbocycles. The lowest BCUT2D eigenvalue weighted by Gasteiger charge is -2.11. The number of hydrogen-bond donors (Lipinski definition) is 2. The molecule has 0 aliphatic rings. The van der Waals surface area contributed by atoms with Crippen LogP contribution in [0.2, 0.25) is 0 Å². The third-order valence-electron chi connectivity index (χ3n) is 4.31. The summed E-state index contributed by atoms with van der Waals surface area (Å²) in [5, 5.41) is 3.10. The number of ether oxygens (including phenoxy) is 1. The predicted molar refractivity (Wildman–Crippen MR) is 117 cm³/mol. The maximum atomic E-state index is 12.3. The van der Waals surface area contributed by atoms with Gasteiger partial charge >= 0.3 is 0 Å². The molecule has 158 valence electrons. The number of nitrogens with zero attached hydrogens (tertiary/aromatic N) is 3. The Morgan fingerprint density at radius 3 is 2.33 bits per heavy atom. The zero-order valence-electron chi connectivity index (χ0n) is 17.2. The average Bonchev–Trinajstić information content (AvgIpc) is 2.74. The van der Waals surface area contributed by atoms with Crippen molar-refractivity contribution in [1.29, 1.82) is 0 Å². The number of benzene rings is 2. The highest BCUT2D eigenvalue weighted by atomic mass is 32.2. The number of likely N-dealkylation sites (N-methyl/N-ethyl adjacent to an activating group) is 1. The summed E-state index contributed by atoms with van der Waals surface area (Å²) >= 11 is 0. The quantitative estimate of drug-likeness (QED) is 0.542. The normalized spacial score (nSPS) is 11.5. The molecular formula is C21H25N5O3S. The van der Waals surface area contributed by atoms with Crippen LogP contribution in [0.15, 0.2) is 65.7 Å². The smallest absolute Gasteiger partial charge is 0.240 e. The van der Waals surface area contributed by atoms with E-state index >= 15 is 0 Å². The van der Waals surface area contributed by atoms with Gasteiger partial charge in [-0.25, -0.2) is 23.1 Å². The second-order valence-electron chi connectivity index (χ2n) is 6.84. The molecule has 3 aromatic rings. The van der Waals surface area contributed by atoms with Crippen molar-refractivity contribution < 1.29 is 13.2 Å². The van der Waals surface area contributed by atoms with Crippen molar-refractivity contribution in [3.63, 3.8) is 0 Å². The molecule has 1 heterocycles. The van der Waals surface area contributed by atoms with Gasteiger partial charge in [-0.05, 0) is 68.7 Å². The molecule has 9 heteroatoms. The van der Waals surface area contributed by atoms with Crippen LogP contribution in [-0.2, 0) is 10.0 Å². The largest absolute Gasteiger partial charge is 0.497 e. The third kappa shape index (κ3) is 5.76. The van der Waals surface area contributed by atoms with E-state index in [1.165, 1.54) is 0 Å². The van der Waals surface area contributed by atoms with Crippen LogP contribution in [0.3, 0.4) is 0 Å². The Morgan fingerprint density at radius 1 is 1.00 bits per heavy atom. The van der Waals surface area contributed by atoms with Gasteiger partial charge in [0.15, 0.2) is 0 Å². The summed E-state index contributed by atoms with van der Waals surface area (Å²) < 4.78 is 32.5. The van der Waals surface area contributed by atoms with Crippen LogP contribution >= 0.6 is 0 Å². The molecule has 0 bridgehead atoms. The first-order valence-corrected chi connectivity index (χ1v) is 10.8. The Kier molecular flexibility index (Phi) is 6.99. The monoisotopic (exact) mass is 427 g/mol. The molecule has 0 saturated heterocycles. The Balaban J connectivity index is 1.69. The highest BCUT2D eigenvalue weighted by molar-refractivity contribution is 7.89. The average molecular weight is 428 g/mol. The van der Waals surface area contributed by atoms with Crippen molar-refractivity contribution in [2.24, 2.45) is 0 Å². The first-order valence-electron chi connectivity index (χ1n) is 9.36. The zero-order valence-corrected chi connectivity index (χ0v) is 18.0. The fourth-order valence-corrected chi connectivity index (χ4v) is 3.70. The number of nitrogens with one attached hydrogen (secondary N) is 2. The second-order valence-corrected chi connectivity index (χ2v) is 8.61. The molecule has 3 rings (SSSR count). The fraction of sp³-hybridized carbons (Fsp3) is 0.238. The van der Waals surface area contributed by atoms with Crippen LogP contribution in [-0.4, -0.2) is 57.6 Å². The Bertz CT molecular complexity index is 1070. The molecule has 0 aliphatic heterocycles. The van der Waals surface area contributed by atoms with E-state index in [1.807, 2.05) is 49.3 Å². The van der Waals surface area contributed by atoms with Crippen LogP contribution in [0.5, 0.6) is 5.75 Å². The standard InChI is InChI=1S/C21H25N5O3S/c1-26(2)15-14-23-30(27,28)19-10-6-17(7-11-19)24-21-22-13-12-20(25-21)16-4-8-18(29-3)9-5-16/h4-13,23H,14-15H2,1-3H3,(H,22,24,25). The number of aromatic nitrogens is 2. The van der Waals surface area contributed by atoms with E-state index in [0.717, 1.165) is 17.0 Å².